The maximum absolute atomic E-state index is 14.1. The quantitative estimate of drug-likeness (QED) is 0.907. The van der Waals surface area contributed by atoms with Gasteiger partial charge in [-0.1, -0.05) is 6.07 Å². The standard InChI is InChI=1S/C14H21FN2S/c1-14(2)10-17(6-7-18-14)13-5-4-11(9-16-3)8-12(13)15/h4-5,8,16H,6-7,9-10H2,1-3H3. The SMILES string of the molecule is CNCc1ccc(N2CCSC(C)(C)C2)c(F)c1. The summed E-state index contributed by atoms with van der Waals surface area (Å²) < 4.78 is 14.3. The second kappa shape index (κ2) is 5.49. The van der Waals surface area contributed by atoms with E-state index in [0.29, 0.717) is 6.54 Å². The molecule has 1 N–H and O–H groups in total. The lowest BCUT2D eigenvalue weighted by molar-refractivity contribution is 0.595. The molecule has 0 unspecified atom stereocenters. The predicted molar refractivity (Wildman–Crippen MR) is 77.9 cm³/mol. The zero-order valence-corrected chi connectivity index (χ0v) is 12.1. The first kappa shape index (κ1) is 13.7. The van der Waals surface area contributed by atoms with Gasteiger partial charge in [-0.25, -0.2) is 4.39 Å². The largest absolute Gasteiger partial charge is 0.367 e. The summed E-state index contributed by atoms with van der Waals surface area (Å²) in [6.45, 7) is 6.98. The first-order chi connectivity index (χ1) is 8.52. The highest BCUT2D eigenvalue weighted by molar-refractivity contribution is 8.00. The van der Waals surface area contributed by atoms with Crippen LogP contribution in [0.15, 0.2) is 18.2 Å². The van der Waals surface area contributed by atoms with Crippen molar-refractivity contribution in [3.8, 4) is 0 Å². The number of halogens is 1. The van der Waals surface area contributed by atoms with Crippen molar-refractivity contribution in [2.75, 3.05) is 30.8 Å². The molecule has 0 bridgehead atoms. The zero-order chi connectivity index (χ0) is 13.2. The van der Waals surface area contributed by atoms with Gasteiger partial charge in [0.25, 0.3) is 0 Å². The lowest BCUT2D eigenvalue weighted by Gasteiger charge is -2.39. The smallest absolute Gasteiger partial charge is 0.146 e. The second-order valence-corrected chi connectivity index (χ2v) is 7.15. The van der Waals surface area contributed by atoms with Gasteiger partial charge in [-0.2, -0.15) is 11.8 Å². The summed E-state index contributed by atoms with van der Waals surface area (Å²) in [5.41, 5.74) is 1.73. The van der Waals surface area contributed by atoms with Crippen molar-refractivity contribution in [3.05, 3.63) is 29.6 Å². The molecule has 0 aliphatic carbocycles. The molecule has 0 spiro atoms. The van der Waals surface area contributed by atoms with Gasteiger partial charge < -0.3 is 10.2 Å². The van der Waals surface area contributed by atoms with Crippen molar-refractivity contribution < 1.29 is 4.39 Å². The van der Waals surface area contributed by atoms with Crippen molar-refractivity contribution in [3.63, 3.8) is 0 Å². The summed E-state index contributed by atoms with van der Waals surface area (Å²) in [5.74, 6) is 0.954. The molecule has 1 saturated heterocycles. The van der Waals surface area contributed by atoms with Gasteiger partial charge in [0.1, 0.15) is 5.82 Å². The molecule has 1 fully saturated rings. The topological polar surface area (TPSA) is 15.3 Å². The molecule has 0 atom stereocenters. The highest BCUT2D eigenvalue weighted by Gasteiger charge is 2.28. The van der Waals surface area contributed by atoms with E-state index in [2.05, 4.69) is 24.1 Å². The Morgan fingerprint density at radius 2 is 2.22 bits per heavy atom. The molecule has 1 aromatic carbocycles. The van der Waals surface area contributed by atoms with Crippen LogP contribution in [0, 0.1) is 5.82 Å². The third kappa shape index (κ3) is 3.18. The van der Waals surface area contributed by atoms with E-state index in [0.717, 1.165) is 30.1 Å². The van der Waals surface area contributed by atoms with Gasteiger partial charge in [-0.05, 0) is 38.6 Å². The van der Waals surface area contributed by atoms with E-state index >= 15 is 0 Å². The minimum atomic E-state index is -0.106. The molecule has 0 radical (unpaired) electrons. The molecule has 0 saturated carbocycles. The minimum absolute atomic E-state index is 0.106. The lowest BCUT2D eigenvalue weighted by Crippen LogP contribution is -2.43. The average Bonchev–Trinajstić information content (AvgIpc) is 2.28. The molecule has 100 valence electrons. The fourth-order valence-electron chi connectivity index (χ4n) is 2.34. The molecule has 4 heteroatoms. The van der Waals surface area contributed by atoms with Crippen LogP contribution in [0.1, 0.15) is 19.4 Å². The summed E-state index contributed by atoms with van der Waals surface area (Å²) in [6.07, 6.45) is 0. The van der Waals surface area contributed by atoms with E-state index in [4.69, 9.17) is 0 Å². The maximum atomic E-state index is 14.1. The van der Waals surface area contributed by atoms with Crippen LogP contribution in [0.5, 0.6) is 0 Å². The average molecular weight is 268 g/mol. The Morgan fingerprint density at radius 3 is 2.83 bits per heavy atom. The Morgan fingerprint density at radius 1 is 1.44 bits per heavy atom. The summed E-state index contributed by atoms with van der Waals surface area (Å²) in [6, 6.07) is 5.55. The zero-order valence-electron chi connectivity index (χ0n) is 11.3. The monoisotopic (exact) mass is 268 g/mol. The van der Waals surface area contributed by atoms with Crippen LogP contribution in [0.2, 0.25) is 0 Å². The van der Waals surface area contributed by atoms with Crippen molar-refractivity contribution in [2.24, 2.45) is 0 Å². The van der Waals surface area contributed by atoms with Crippen LogP contribution in [0.4, 0.5) is 10.1 Å². The Balaban J connectivity index is 2.18. The molecule has 18 heavy (non-hydrogen) atoms. The fourth-order valence-corrected chi connectivity index (χ4v) is 3.45. The molecule has 2 rings (SSSR count). The number of nitrogens with zero attached hydrogens (tertiary/aromatic N) is 1. The first-order valence-corrected chi connectivity index (χ1v) is 7.32. The normalized spacial score (nSPS) is 19.0. The summed E-state index contributed by atoms with van der Waals surface area (Å²) in [5, 5.41) is 3.04. The molecule has 0 amide bonds. The van der Waals surface area contributed by atoms with Gasteiger partial charge in [0.05, 0.1) is 5.69 Å². The Hall–Kier alpha value is -0.740. The third-order valence-corrected chi connectivity index (χ3v) is 4.46. The van der Waals surface area contributed by atoms with Crippen LogP contribution < -0.4 is 10.2 Å². The third-order valence-electron chi connectivity index (χ3n) is 3.16. The van der Waals surface area contributed by atoms with E-state index in [1.165, 1.54) is 0 Å². The van der Waals surface area contributed by atoms with Crippen molar-refractivity contribution in [1.29, 1.82) is 0 Å². The van der Waals surface area contributed by atoms with Gasteiger partial charge in [0, 0.05) is 30.1 Å². The second-order valence-electron chi connectivity index (χ2n) is 5.35. The molecular weight excluding hydrogens is 247 g/mol. The number of rotatable bonds is 3. The highest BCUT2D eigenvalue weighted by Crippen LogP contribution is 2.33. The molecular formula is C14H21FN2S. The Bertz CT molecular complexity index is 420. The van der Waals surface area contributed by atoms with Crippen molar-refractivity contribution >= 4 is 17.4 Å². The molecule has 1 aromatic rings. The summed E-state index contributed by atoms with van der Waals surface area (Å²) >= 11 is 1.96. The molecule has 0 aromatic heterocycles. The minimum Gasteiger partial charge on any atom is -0.367 e. The molecule has 2 nitrogen and oxygen atoms in total. The Labute approximate surface area is 113 Å². The lowest BCUT2D eigenvalue weighted by atomic mass is 10.1. The first-order valence-electron chi connectivity index (χ1n) is 6.34. The van der Waals surface area contributed by atoms with Gasteiger partial charge in [0.15, 0.2) is 0 Å². The van der Waals surface area contributed by atoms with Crippen LogP contribution in [0.25, 0.3) is 0 Å². The predicted octanol–water partition coefficient (Wildman–Crippen LogP) is 2.88. The van der Waals surface area contributed by atoms with E-state index in [9.17, 15) is 4.39 Å². The van der Waals surface area contributed by atoms with Gasteiger partial charge in [-0.15, -0.1) is 0 Å². The number of hydrogen-bond acceptors (Lipinski definition) is 3. The van der Waals surface area contributed by atoms with E-state index in [1.807, 2.05) is 30.9 Å². The van der Waals surface area contributed by atoms with E-state index in [1.54, 1.807) is 6.07 Å². The van der Waals surface area contributed by atoms with E-state index in [-0.39, 0.29) is 10.6 Å². The number of anilines is 1. The number of nitrogens with one attached hydrogen (secondary N) is 1. The van der Waals surface area contributed by atoms with Crippen molar-refractivity contribution in [1.82, 2.24) is 5.32 Å². The number of benzene rings is 1. The van der Waals surface area contributed by atoms with Crippen LogP contribution in [-0.2, 0) is 6.54 Å². The molecule has 1 aliphatic heterocycles. The summed E-state index contributed by atoms with van der Waals surface area (Å²) in [7, 11) is 1.87. The van der Waals surface area contributed by atoms with Crippen LogP contribution >= 0.6 is 11.8 Å². The maximum Gasteiger partial charge on any atom is 0.146 e. The fraction of sp³-hybridized carbons (Fsp3) is 0.571. The Kier molecular flexibility index (Phi) is 4.17. The van der Waals surface area contributed by atoms with E-state index < -0.39 is 0 Å². The van der Waals surface area contributed by atoms with Gasteiger partial charge in [0.2, 0.25) is 0 Å². The highest BCUT2D eigenvalue weighted by atomic mass is 32.2. The van der Waals surface area contributed by atoms with Gasteiger partial charge >= 0.3 is 0 Å². The molecule has 1 aliphatic rings. The van der Waals surface area contributed by atoms with Crippen LogP contribution in [0.3, 0.4) is 0 Å². The van der Waals surface area contributed by atoms with Crippen molar-refractivity contribution in [2.45, 2.75) is 25.1 Å². The number of hydrogen-bond donors (Lipinski definition) is 1. The van der Waals surface area contributed by atoms with Crippen LogP contribution in [-0.4, -0.2) is 30.6 Å². The molecule has 1 heterocycles. The number of thioether (sulfide) groups is 1. The summed E-state index contributed by atoms with van der Waals surface area (Å²) in [4.78, 5) is 2.16. The van der Waals surface area contributed by atoms with Gasteiger partial charge in [-0.3, -0.25) is 0 Å².